The number of benzene rings is 2. The first kappa shape index (κ1) is 10.7. The highest BCUT2D eigenvalue weighted by molar-refractivity contribution is 5.83. The molecule has 0 saturated carbocycles. The predicted molar refractivity (Wildman–Crippen MR) is 75.0 cm³/mol. The number of nitrogens with two attached hydrogens (primary N) is 2. The standard InChI is InChI=1S/C14H14N4/c1-18-13-7-6-11(16)8-12(13)17-14(18)9-2-4-10(15)5-3-9/h2-8H,15-16H2,1H3. The molecule has 2 aromatic carbocycles. The van der Waals surface area contributed by atoms with Crippen molar-refractivity contribution in [2.24, 2.45) is 7.05 Å². The van der Waals surface area contributed by atoms with E-state index in [1.807, 2.05) is 49.5 Å². The van der Waals surface area contributed by atoms with Crippen LogP contribution in [0.15, 0.2) is 42.5 Å². The molecule has 1 heterocycles. The summed E-state index contributed by atoms with van der Waals surface area (Å²) in [6, 6.07) is 13.5. The van der Waals surface area contributed by atoms with Gasteiger partial charge < -0.3 is 16.0 Å². The lowest BCUT2D eigenvalue weighted by Gasteiger charge is -2.02. The van der Waals surface area contributed by atoms with E-state index in [4.69, 9.17) is 11.5 Å². The monoisotopic (exact) mass is 238 g/mol. The molecule has 4 nitrogen and oxygen atoms in total. The first-order chi connectivity index (χ1) is 8.65. The van der Waals surface area contributed by atoms with Gasteiger partial charge in [-0.25, -0.2) is 4.98 Å². The van der Waals surface area contributed by atoms with E-state index in [0.29, 0.717) is 0 Å². The minimum absolute atomic E-state index is 0.726. The minimum atomic E-state index is 0.726. The smallest absolute Gasteiger partial charge is 0.140 e. The molecule has 0 amide bonds. The molecule has 4 heteroatoms. The van der Waals surface area contributed by atoms with Crippen molar-refractivity contribution in [3.05, 3.63) is 42.5 Å². The van der Waals surface area contributed by atoms with Gasteiger partial charge in [0.1, 0.15) is 5.82 Å². The molecule has 0 unspecified atom stereocenters. The summed E-state index contributed by atoms with van der Waals surface area (Å²) in [7, 11) is 2.00. The lowest BCUT2D eigenvalue weighted by atomic mass is 10.2. The fraction of sp³-hybridized carbons (Fsp3) is 0.0714. The topological polar surface area (TPSA) is 69.9 Å². The van der Waals surface area contributed by atoms with E-state index < -0.39 is 0 Å². The van der Waals surface area contributed by atoms with Gasteiger partial charge in [0.25, 0.3) is 0 Å². The van der Waals surface area contributed by atoms with Crippen LogP contribution in [0.3, 0.4) is 0 Å². The van der Waals surface area contributed by atoms with Gasteiger partial charge in [-0.15, -0.1) is 0 Å². The summed E-state index contributed by atoms with van der Waals surface area (Å²) in [5, 5.41) is 0. The Labute approximate surface area is 105 Å². The Morgan fingerprint density at radius 1 is 0.944 bits per heavy atom. The summed E-state index contributed by atoms with van der Waals surface area (Å²) < 4.78 is 2.06. The van der Waals surface area contributed by atoms with Crippen LogP contribution in [0.4, 0.5) is 11.4 Å². The summed E-state index contributed by atoms with van der Waals surface area (Å²) >= 11 is 0. The van der Waals surface area contributed by atoms with Crippen molar-refractivity contribution in [3.63, 3.8) is 0 Å². The number of aryl methyl sites for hydroxylation is 1. The number of nitrogens with zero attached hydrogens (tertiary/aromatic N) is 2. The maximum Gasteiger partial charge on any atom is 0.140 e. The van der Waals surface area contributed by atoms with Crippen LogP contribution in [0.2, 0.25) is 0 Å². The highest BCUT2D eigenvalue weighted by atomic mass is 15.1. The molecule has 0 fully saturated rings. The number of nitrogen functional groups attached to an aromatic ring is 2. The van der Waals surface area contributed by atoms with Crippen LogP contribution in [-0.2, 0) is 7.05 Å². The molecule has 90 valence electrons. The molecular weight excluding hydrogens is 224 g/mol. The van der Waals surface area contributed by atoms with Crippen molar-refractivity contribution >= 4 is 22.4 Å². The molecule has 4 N–H and O–H groups in total. The largest absolute Gasteiger partial charge is 0.399 e. The molecule has 3 rings (SSSR count). The summed E-state index contributed by atoms with van der Waals surface area (Å²) in [4.78, 5) is 4.62. The van der Waals surface area contributed by atoms with E-state index >= 15 is 0 Å². The van der Waals surface area contributed by atoms with Crippen molar-refractivity contribution in [3.8, 4) is 11.4 Å². The van der Waals surface area contributed by atoms with E-state index in [1.165, 1.54) is 0 Å². The first-order valence-electron chi connectivity index (χ1n) is 5.73. The van der Waals surface area contributed by atoms with E-state index in [9.17, 15) is 0 Å². The van der Waals surface area contributed by atoms with Crippen molar-refractivity contribution in [2.75, 3.05) is 11.5 Å². The molecule has 0 aliphatic heterocycles. The van der Waals surface area contributed by atoms with Gasteiger partial charge in [-0.05, 0) is 42.5 Å². The van der Waals surface area contributed by atoms with Gasteiger partial charge in [-0.1, -0.05) is 0 Å². The van der Waals surface area contributed by atoms with Crippen LogP contribution in [0, 0.1) is 0 Å². The highest BCUT2D eigenvalue weighted by Gasteiger charge is 2.09. The fourth-order valence-corrected chi connectivity index (χ4v) is 2.11. The SMILES string of the molecule is Cn1c(-c2ccc(N)cc2)nc2cc(N)ccc21. The molecule has 0 saturated heterocycles. The zero-order valence-electron chi connectivity index (χ0n) is 10.1. The van der Waals surface area contributed by atoms with Gasteiger partial charge in [0, 0.05) is 24.0 Å². The van der Waals surface area contributed by atoms with Gasteiger partial charge in [-0.2, -0.15) is 0 Å². The molecule has 0 bridgehead atoms. The molecule has 1 aromatic heterocycles. The van der Waals surface area contributed by atoms with E-state index in [-0.39, 0.29) is 0 Å². The Morgan fingerprint density at radius 3 is 2.33 bits per heavy atom. The zero-order chi connectivity index (χ0) is 12.7. The van der Waals surface area contributed by atoms with Gasteiger partial charge in [0.2, 0.25) is 0 Å². The van der Waals surface area contributed by atoms with Crippen LogP contribution >= 0.6 is 0 Å². The second-order valence-corrected chi connectivity index (χ2v) is 4.36. The number of hydrogen-bond donors (Lipinski definition) is 2. The minimum Gasteiger partial charge on any atom is -0.399 e. The average molecular weight is 238 g/mol. The van der Waals surface area contributed by atoms with Crippen molar-refractivity contribution in [1.29, 1.82) is 0 Å². The summed E-state index contributed by atoms with van der Waals surface area (Å²) in [6.45, 7) is 0. The van der Waals surface area contributed by atoms with Crippen molar-refractivity contribution in [1.82, 2.24) is 9.55 Å². The maximum atomic E-state index is 5.78. The molecule has 0 atom stereocenters. The number of rotatable bonds is 1. The Morgan fingerprint density at radius 2 is 1.61 bits per heavy atom. The molecule has 0 spiro atoms. The van der Waals surface area contributed by atoms with E-state index in [2.05, 4.69) is 9.55 Å². The van der Waals surface area contributed by atoms with E-state index in [1.54, 1.807) is 0 Å². The van der Waals surface area contributed by atoms with Gasteiger partial charge in [-0.3, -0.25) is 0 Å². The zero-order valence-corrected chi connectivity index (χ0v) is 10.1. The van der Waals surface area contributed by atoms with Crippen LogP contribution in [-0.4, -0.2) is 9.55 Å². The lowest BCUT2D eigenvalue weighted by molar-refractivity contribution is 0.959. The Balaban J connectivity index is 2.23. The lowest BCUT2D eigenvalue weighted by Crippen LogP contribution is -1.93. The highest BCUT2D eigenvalue weighted by Crippen LogP contribution is 2.25. The average Bonchev–Trinajstić information content (AvgIpc) is 2.67. The Kier molecular flexibility index (Phi) is 2.23. The molecule has 0 radical (unpaired) electrons. The second kappa shape index (κ2) is 3.77. The third kappa shape index (κ3) is 1.59. The predicted octanol–water partition coefficient (Wildman–Crippen LogP) is 2.40. The van der Waals surface area contributed by atoms with Gasteiger partial charge in [0.05, 0.1) is 11.0 Å². The first-order valence-corrected chi connectivity index (χ1v) is 5.73. The number of aromatic nitrogens is 2. The third-order valence-electron chi connectivity index (χ3n) is 3.07. The number of fused-ring (bicyclic) bond motifs is 1. The van der Waals surface area contributed by atoms with Crippen molar-refractivity contribution in [2.45, 2.75) is 0 Å². The fourth-order valence-electron chi connectivity index (χ4n) is 2.11. The van der Waals surface area contributed by atoms with Crippen LogP contribution in [0.5, 0.6) is 0 Å². The number of anilines is 2. The summed E-state index contributed by atoms with van der Waals surface area (Å²) in [6.07, 6.45) is 0. The molecule has 0 aliphatic rings. The molecular formula is C14H14N4. The molecule has 3 aromatic rings. The summed E-state index contributed by atoms with van der Waals surface area (Å²) in [5.41, 5.74) is 16.0. The molecule has 0 aliphatic carbocycles. The normalized spacial score (nSPS) is 10.9. The van der Waals surface area contributed by atoms with Crippen LogP contribution in [0.25, 0.3) is 22.4 Å². The van der Waals surface area contributed by atoms with Crippen LogP contribution < -0.4 is 11.5 Å². The van der Waals surface area contributed by atoms with Crippen LogP contribution in [0.1, 0.15) is 0 Å². The third-order valence-corrected chi connectivity index (χ3v) is 3.07. The second-order valence-electron chi connectivity index (χ2n) is 4.36. The Bertz CT molecular complexity index is 710. The summed E-state index contributed by atoms with van der Waals surface area (Å²) in [5.74, 6) is 0.913. The number of hydrogen-bond acceptors (Lipinski definition) is 3. The Hall–Kier alpha value is -2.49. The van der Waals surface area contributed by atoms with E-state index in [0.717, 1.165) is 33.8 Å². The van der Waals surface area contributed by atoms with Gasteiger partial charge in [0.15, 0.2) is 0 Å². The van der Waals surface area contributed by atoms with Gasteiger partial charge >= 0.3 is 0 Å². The van der Waals surface area contributed by atoms with Crippen molar-refractivity contribution < 1.29 is 0 Å². The molecule has 18 heavy (non-hydrogen) atoms. The maximum absolute atomic E-state index is 5.78. The number of imidazole rings is 1. The quantitative estimate of drug-likeness (QED) is 0.639.